The molecule has 7 heteroatoms. The van der Waals surface area contributed by atoms with Crippen LogP contribution < -0.4 is 10.6 Å². The molecule has 1 aliphatic carbocycles. The maximum atomic E-state index is 13.6. The molecule has 1 aromatic heterocycles. The maximum absolute atomic E-state index is 13.6. The fourth-order valence-electron chi connectivity index (χ4n) is 4.24. The highest BCUT2D eigenvalue weighted by Crippen LogP contribution is 2.37. The molecule has 0 radical (unpaired) electrons. The van der Waals surface area contributed by atoms with Crippen molar-refractivity contribution in [1.29, 1.82) is 0 Å². The predicted molar refractivity (Wildman–Crippen MR) is 126 cm³/mol. The van der Waals surface area contributed by atoms with Gasteiger partial charge in [-0.2, -0.15) is 18.2 Å². The number of nitrogens with zero attached hydrogens (tertiary/aromatic N) is 2. The zero-order valence-electron chi connectivity index (χ0n) is 18.8. The van der Waals surface area contributed by atoms with Crippen molar-refractivity contribution >= 4 is 23.1 Å². The fraction of sp³-hybridized carbons (Fsp3) is 0.385. The summed E-state index contributed by atoms with van der Waals surface area (Å²) < 4.78 is 40.8. The Morgan fingerprint density at radius 3 is 2.18 bits per heavy atom. The summed E-state index contributed by atoms with van der Waals surface area (Å²) in [6, 6.07) is 15.4. The van der Waals surface area contributed by atoms with Gasteiger partial charge in [0.1, 0.15) is 11.4 Å². The van der Waals surface area contributed by atoms with Crippen LogP contribution in [-0.4, -0.2) is 9.97 Å². The van der Waals surface area contributed by atoms with Gasteiger partial charge in [0.05, 0.1) is 0 Å². The van der Waals surface area contributed by atoms with Gasteiger partial charge in [-0.3, -0.25) is 0 Å². The second kappa shape index (κ2) is 10.2. The van der Waals surface area contributed by atoms with Gasteiger partial charge < -0.3 is 10.6 Å². The molecule has 1 fully saturated rings. The molecule has 4 rings (SSSR count). The summed E-state index contributed by atoms with van der Waals surface area (Å²) in [7, 11) is 0. The number of alkyl halides is 3. The minimum Gasteiger partial charge on any atom is -0.340 e. The first-order valence-electron chi connectivity index (χ1n) is 11.6. The molecule has 0 aliphatic heterocycles. The van der Waals surface area contributed by atoms with E-state index in [1.165, 1.54) is 36.8 Å². The Labute approximate surface area is 192 Å². The summed E-state index contributed by atoms with van der Waals surface area (Å²) in [4.78, 5) is 8.05. The first-order valence-corrected chi connectivity index (χ1v) is 11.6. The van der Waals surface area contributed by atoms with E-state index in [-0.39, 0.29) is 11.8 Å². The standard InChI is InChI=1S/C26H29F3N4/c1-2-3-6-18-9-13-22(14-10-18)32-25-30-17-23(26(27,28)29)24(33-25)31-21-15-11-20(12-16-21)19-7-4-5-8-19/h9-17,19H,2-8H2,1H3,(H2,30,31,32,33). The molecule has 1 heterocycles. The summed E-state index contributed by atoms with van der Waals surface area (Å²) in [6.45, 7) is 2.15. The van der Waals surface area contributed by atoms with Crippen molar-refractivity contribution in [2.24, 2.45) is 0 Å². The van der Waals surface area contributed by atoms with Gasteiger partial charge in [0.15, 0.2) is 0 Å². The molecular formula is C26H29F3N4. The van der Waals surface area contributed by atoms with E-state index in [9.17, 15) is 13.2 Å². The van der Waals surface area contributed by atoms with Gasteiger partial charge in [0.2, 0.25) is 5.95 Å². The molecule has 0 amide bonds. The number of aromatic nitrogens is 2. The van der Waals surface area contributed by atoms with Crippen LogP contribution in [0.4, 0.5) is 36.3 Å². The molecule has 4 nitrogen and oxygen atoms in total. The van der Waals surface area contributed by atoms with Gasteiger partial charge in [-0.05, 0) is 67.0 Å². The largest absolute Gasteiger partial charge is 0.421 e. The first-order chi connectivity index (χ1) is 15.9. The molecule has 1 aliphatic rings. The Hall–Kier alpha value is -3.09. The average Bonchev–Trinajstić information content (AvgIpc) is 3.34. The van der Waals surface area contributed by atoms with E-state index in [1.807, 2.05) is 48.5 Å². The van der Waals surface area contributed by atoms with Gasteiger partial charge >= 0.3 is 6.18 Å². The smallest absolute Gasteiger partial charge is 0.340 e. The van der Waals surface area contributed by atoms with Gasteiger partial charge in [-0.25, -0.2) is 4.98 Å². The Bertz CT molecular complexity index is 1040. The number of aryl methyl sites for hydroxylation is 1. The zero-order valence-corrected chi connectivity index (χ0v) is 18.8. The van der Waals surface area contributed by atoms with Gasteiger partial charge in [0.25, 0.3) is 0 Å². The number of hydrogen-bond acceptors (Lipinski definition) is 4. The van der Waals surface area contributed by atoms with E-state index in [0.29, 0.717) is 11.6 Å². The van der Waals surface area contributed by atoms with Gasteiger partial charge in [0, 0.05) is 17.6 Å². The van der Waals surface area contributed by atoms with E-state index in [1.54, 1.807) is 0 Å². The summed E-state index contributed by atoms with van der Waals surface area (Å²) >= 11 is 0. The molecule has 33 heavy (non-hydrogen) atoms. The van der Waals surface area contributed by atoms with E-state index in [0.717, 1.165) is 31.1 Å². The molecule has 2 N–H and O–H groups in total. The van der Waals surface area contributed by atoms with Crippen molar-refractivity contribution < 1.29 is 13.2 Å². The van der Waals surface area contributed by atoms with Crippen molar-refractivity contribution in [3.63, 3.8) is 0 Å². The van der Waals surface area contributed by atoms with E-state index in [4.69, 9.17) is 0 Å². The first kappa shape index (κ1) is 23.1. The highest BCUT2D eigenvalue weighted by atomic mass is 19.4. The minimum atomic E-state index is -4.56. The Morgan fingerprint density at radius 1 is 0.909 bits per heavy atom. The van der Waals surface area contributed by atoms with Crippen LogP contribution in [0.5, 0.6) is 0 Å². The molecule has 174 valence electrons. The molecule has 0 bridgehead atoms. The molecule has 0 saturated heterocycles. The number of hydrogen-bond donors (Lipinski definition) is 2. The van der Waals surface area contributed by atoms with Crippen LogP contribution in [0.15, 0.2) is 54.7 Å². The van der Waals surface area contributed by atoms with Crippen molar-refractivity contribution in [2.75, 3.05) is 10.6 Å². The average molecular weight is 455 g/mol. The number of rotatable bonds is 8. The lowest BCUT2D eigenvalue weighted by Gasteiger charge is -2.16. The van der Waals surface area contributed by atoms with Crippen LogP contribution in [0.3, 0.4) is 0 Å². The summed E-state index contributed by atoms with van der Waals surface area (Å²) in [5.74, 6) is 0.385. The van der Waals surface area contributed by atoms with Gasteiger partial charge in [-0.15, -0.1) is 0 Å². The lowest BCUT2D eigenvalue weighted by molar-refractivity contribution is -0.137. The lowest BCUT2D eigenvalue weighted by Crippen LogP contribution is -2.12. The third-order valence-electron chi connectivity index (χ3n) is 6.12. The van der Waals surface area contributed by atoms with Crippen molar-refractivity contribution in [3.8, 4) is 0 Å². The van der Waals surface area contributed by atoms with Crippen molar-refractivity contribution in [3.05, 3.63) is 71.4 Å². The minimum absolute atomic E-state index is 0.106. The summed E-state index contributed by atoms with van der Waals surface area (Å²) in [6.07, 6.45) is 4.31. The summed E-state index contributed by atoms with van der Waals surface area (Å²) in [5.41, 5.74) is 2.84. The predicted octanol–water partition coefficient (Wildman–Crippen LogP) is 7.98. The van der Waals surface area contributed by atoms with E-state index < -0.39 is 11.7 Å². The Morgan fingerprint density at radius 2 is 1.55 bits per heavy atom. The number of benzene rings is 2. The van der Waals surface area contributed by atoms with Crippen LogP contribution in [0.1, 0.15) is 68.1 Å². The highest BCUT2D eigenvalue weighted by Gasteiger charge is 2.35. The fourth-order valence-corrected chi connectivity index (χ4v) is 4.24. The number of halogens is 3. The molecule has 1 saturated carbocycles. The topological polar surface area (TPSA) is 49.8 Å². The van der Waals surface area contributed by atoms with Crippen molar-refractivity contribution in [2.45, 2.75) is 64.0 Å². The second-order valence-electron chi connectivity index (χ2n) is 8.61. The molecular weight excluding hydrogens is 425 g/mol. The third-order valence-corrected chi connectivity index (χ3v) is 6.12. The van der Waals surface area contributed by atoms with Crippen LogP contribution >= 0.6 is 0 Å². The maximum Gasteiger partial charge on any atom is 0.421 e. The van der Waals surface area contributed by atoms with Crippen molar-refractivity contribution in [1.82, 2.24) is 9.97 Å². The SMILES string of the molecule is CCCCc1ccc(Nc2ncc(C(F)(F)F)c(Nc3ccc(C4CCCC4)cc3)n2)cc1. The van der Waals surface area contributed by atoms with Crippen LogP contribution in [0, 0.1) is 0 Å². The Kier molecular flexibility index (Phi) is 7.16. The van der Waals surface area contributed by atoms with Crippen LogP contribution in [0.2, 0.25) is 0 Å². The lowest BCUT2D eigenvalue weighted by atomic mass is 9.97. The molecule has 0 unspecified atom stereocenters. The van der Waals surface area contributed by atoms with Crippen LogP contribution in [0.25, 0.3) is 0 Å². The normalized spacial score (nSPS) is 14.4. The van der Waals surface area contributed by atoms with E-state index >= 15 is 0 Å². The quantitative estimate of drug-likeness (QED) is 0.362. The second-order valence-corrected chi connectivity index (χ2v) is 8.61. The zero-order chi connectivity index (χ0) is 23.3. The molecule has 3 aromatic rings. The van der Waals surface area contributed by atoms with Gasteiger partial charge in [-0.1, -0.05) is 50.5 Å². The molecule has 0 atom stereocenters. The molecule has 2 aromatic carbocycles. The number of anilines is 4. The highest BCUT2D eigenvalue weighted by molar-refractivity contribution is 5.63. The number of nitrogens with one attached hydrogen (secondary N) is 2. The summed E-state index contributed by atoms with van der Waals surface area (Å²) in [5, 5.41) is 5.85. The van der Waals surface area contributed by atoms with Crippen LogP contribution in [-0.2, 0) is 12.6 Å². The number of unbranched alkanes of at least 4 members (excludes halogenated alkanes) is 1. The molecule has 0 spiro atoms. The monoisotopic (exact) mass is 454 g/mol. The Balaban J connectivity index is 1.52. The third kappa shape index (κ3) is 6.03. The van der Waals surface area contributed by atoms with E-state index in [2.05, 4.69) is 27.5 Å².